The molecule has 5 nitrogen and oxygen atoms in total. The van der Waals surface area contributed by atoms with Crippen molar-refractivity contribution in [3.05, 3.63) is 41.5 Å². The molecular weight excluding hydrogens is 304 g/mol. The van der Waals surface area contributed by atoms with Gasteiger partial charge in [0, 0.05) is 6.54 Å². The van der Waals surface area contributed by atoms with Crippen molar-refractivity contribution in [1.82, 2.24) is 4.31 Å². The second-order valence-electron chi connectivity index (χ2n) is 4.64. The average Bonchev–Trinajstić information content (AvgIpc) is 2.43. The third-order valence-corrected chi connectivity index (χ3v) is 5.16. The molecule has 0 spiro atoms. The number of nitrogens with zero attached hydrogens (tertiary/aromatic N) is 1. The molecule has 2 rings (SSSR count). The monoisotopic (exact) mass is 317 g/mol. The Bertz CT molecular complexity index is 715. The zero-order valence-corrected chi connectivity index (χ0v) is 11.9. The number of hydrogen-bond donors (Lipinski definition) is 1. The van der Waals surface area contributed by atoms with Crippen LogP contribution in [0.3, 0.4) is 0 Å². The minimum atomic E-state index is -4.59. The van der Waals surface area contributed by atoms with Gasteiger partial charge in [0.2, 0.25) is 10.0 Å². The third kappa shape index (κ3) is 2.68. The van der Waals surface area contributed by atoms with E-state index in [0.29, 0.717) is 4.31 Å². The minimum absolute atomic E-state index is 0.0330. The van der Waals surface area contributed by atoms with Gasteiger partial charge in [-0.25, -0.2) is 17.2 Å². The molecule has 1 unspecified atom stereocenters. The number of hydrogen-bond acceptors (Lipinski definition) is 3. The number of aliphatic carboxylic acids is 1. The van der Waals surface area contributed by atoms with Crippen LogP contribution in [-0.2, 0) is 14.8 Å². The van der Waals surface area contributed by atoms with E-state index in [0.717, 1.165) is 12.1 Å². The summed E-state index contributed by atoms with van der Waals surface area (Å²) >= 11 is 0. The molecule has 0 aromatic heterocycles. The Hall–Kier alpha value is -1.80. The molecule has 0 saturated heterocycles. The number of carboxylic acid groups (broad SMARTS) is 1. The average molecular weight is 317 g/mol. The van der Waals surface area contributed by atoms with Crippen LogP contribution >= 0.6 is 0 Å². The molecule has 0 bridgehead atoms. The van der Waals surface area contributed by atoms with Crippen molar-refractivity contribution in [2.75, 3.05) is 6.54 Å². The highest BCUT2D eigenvalue weighted by Gasteiger charge is 2.39. The first kappa shape index (κ1) is 15.6. The van der Waals surface area contributed by atoms with Crippen LogP contribution in [0.2, 0.25) is 0 Å². The standard InChI is InChI=1S/C13H13F2NO4S/c1-8-5-6-9(14)12(11(8)15)21(19,20)16-7-3-2-4-10(16)13(17)18/h2-3,5-6,10H,4,7H2,1H3,(H,17,18). The lowest BCUT2D eigenvalue weighted by molar-refractivity contribution is -0.141. The Balaban J connectivity index is 2.59. The topological polar surface area (TPSA) is 74.7 Å². The molecule has 1 aliphatic rings. The van der Waals surface area contributed by atoms with E-state index in [4.69, 9.17) is 5.11 Å². The van der Waals surface area contributed by atoms with E-state index in [-0.39, 0.29) is 18.5 Å². The fourth-order valence-electron chi connectivity index (χ4n) is 2.12. The lowest BCUT2D eigenvalue weighted by Gasteiger charge is -2.29. The summed E-state index contributed by atoms with van der Waals surface area (Å²) in [7, 11) is -4.59. The van der Waals surface area contributed by atoms with Gasteiger partial charge >= 0.3 is 5.97 Å². The Morgan fingerprint density at radius 3 is 2.62 bits per heavy atom. The van der Waals surface area contributed by atoms with Gasteiger partial charge < -0.3 is 5.11 Å². The van der Waals surface area contributed by atoms with Crippen LogP contribution in [0.1, 0.15) is 12.0 Å². The van der Waals surface area contributed by atoms with Crippen molar-refractivity contribution in [3.8, 4) is 0 Å². The highest BCUT2D eigenvalue weighted by Crippen LogP contribution is 2.28. The van der Waals surface area contributed by atoms with E-state index in [1.807, 2.05) is 0 Å². The second kappa shape index (κ2) is 5.53. The molecule has 1 atom stereocenters. The summed E-state index contributed by atoms with van der Waals surface area (Å²) in [6.07, 6.45) is 2.92. The molecule has 1 aromatic rings. The maximum absolute atomic E-state index is 14.0. The highest BCUT2D eigenvalue weighted by atomic mass is 32.2. The first-order valence-corrected chi connectivity index (χ1v) is 7.55. The zero-order chi connectivity index (χ0) is 15.8. The molecule has 1 N–H and O–H groups in total. The van der Waals surface area contributed by atoms with Gasteiger partial charge in [0.25, 0.3) is 0 Å². The van der Waals surface area contributed by atoms with E-state index in [1.165, 1.54) is 19.1 Å². The predicted octanol–water partition coefficient (Wildman–Crippen LogP) is 1.68. The summed E-state index contributed by atoms with van der Waals surface area (Å²) in [5.74, 6) is -3.80. The zero-order valence-electron chi connectivity index (χ0n) is 11.1. The van der Waals surface area contributed by atoms with Crippen molar-refractivity contribution < 1.29 is 27.1 Å². The lowest BCUT2D eigenvalue weighted by Crippen LogP contribution is -2.46. The summed E-state index contributed by atoms with van der Waals surface area (Å²) < 4.78 is 53.3. The smallest absolute Gasteiger partial charge is 0.322 e. The third-order valence-electron chi connectivity index (χ3n) is 3.25. The molecule has 1 heterocycles. The number of benzene rings is 1. The van der Waals surface area contributed by atoms with Crippen LogP contribution in [0.5, 0.6) is 0 Å². The molecule has 0 aliphatic carbocycles. The van der Waals surface area contributed by atoms with E-state index in [2.05, 4.69) is 0 Å². The normalized spacial score (nSPS) is 19.7. The first-order chi connectivity index (χ1) is 9.76. The van der Waals surface area contributed by atoms with Gasteiger partial charge in [-0.15, -0.1) is 0 Å². The Morgan fingerprint density at radius 1 is 1.33 bits per heavy atom. The molecule has 114 valence electrons. The van der Waals surface area contributed by atoms with E-state index in [1.54, 1.807) is 0 Å². The Morgan fingerprint density at radius 2 is 2.00 bits per heavy atom. The predicted molar refractivity (Wildman–Crippen MR) is 70.2 cm³/mol. The number of rotatable bonds is 3. The fraction of sp³-hybridized carbons (Fsp3) is 0.308. The van der Waals surface area contributed by atoms with Crippen molar-refractivity contribution in [2.45, 2.75) is 24.3 Å². The molecule has 0 radical (unpaired) electrons. The maximum atomic E-state index is 14.0. The van der Waals surface area contributed by atoms with Gasteiger partial charge in [0.05, 0.1) is 0 Å². The summed E-state index contributed by atoms with van der Waals surface area (Å²) in [5, 5.41) is 9.08. The van der Waals surface area contributed by atoms with Crippen LogP contribution in [0, 0.1) is 18.6 Å². The molecule has 0 saturated carbocycles. The molecule has 0 fully saturated rings. The van der Waals surface area contributed by atoms with Crippen molar-refractivity contribution in [3.63, 3.8) is 0 Å². The Labute approximate surface area is 120 Å². The van der Waals surface area contributed by atoms with Gasteiger partial charge in [0.1, 0.15) is 17.7 Å². The van der Waals surface area contributed by atoms with Gasteiger partial charge in [-0.2, -0.15) is 4.31 Å². The molecule has 1 aromatic carbocycles. The first-order valence-electron chi connectivity index (χ1n) is 6.11. The number of aryl methyl sites for hydroxylation is 1. The van der Waals surface area contributed by atoms with Gasteiger partial charge in [-0.3, -0.25) is 4.79 Å². The fourth-order valence-corrected chi connectivity index (χ4v) is 3.85. The maximum Gasteiger partial charge on any atom is 0.322 e. The van der Waals surface area contributed by atoms with Crippen LogP contribution in [0.25, 0.3) is 0 Å². The summed E-state index contributed by atoms with van der Waals surface area (Å²) in [5.41, 5.74) is -0.0330. The van der Waals surface area contributed by atoms with Crippen molar-refractivity contribution >= 4 is 16.0 Å². The molecule has 0 amide bonds. The number of halogens is 2. The van der Waals surface area contributed by atoms with Crippen molar-refractivity contribution in [1.29, 1.82) is 0 Å². The van der Waals surface area contributed by atoms with Crippen molar-refractivity contribution in [2.24, 2.45) is 0 Å². The second-order valence-corrected chi connectivity index (χ2v) is 6.47. The number of carbonyl (C=O) groups is 1. The molecular formula is C13H13F2NO4S. The lowest BCUT2D eigenvalue weighted by atomic mass is 10.1. The Kier molecular flexibility index (Phi) is 4.11. The number of carboxylic acids is 1. The van der Waals surface area contributed by atoms with E-state index >= 15 is 0 Å². The number of sulfonamides is 1. The summed E-state index contributed by atoms with van der Waals surface area (Å²) in [4.78, 5) is 10.0. The van der Waals surface area contributed by atoms with Crippen LogP contribution < -0.4 is 0 Å². The quantitative estimate of drug-likeness (QED) is 0.861. The minimum Gasteiger partial charge on any atom is -0.480 e. The van der Waals surface area contributed by atoms with Gasteiger partial charge in [-0.1, -0.05) is 18.2 Å². The van der Waals surface area contributed by atoms with E-state index in [9.17, 15) is 22.0 Å². The SMILES string of the molecule is Cc1ccc(F)c(S(=O)(=O)N2CC=CCC2C(=O)O)c1F. The highest BCUT2D eigenvalue weighted by molar-refractivity contribution is 7.89. The molecule has 1 aliphatic heterocycles. The van der Waals surface area contributed by atoms with Crippen LogP contribution in [0.15, 0.2) is 29.2 Å². The summed E-state index contributed by atoms with van der Waals surface area (Å²) in [6.45, 7) is 1.06. The van der Waals surface area contributed by atoms with Crippen LogP contribution in [0.4, 0.5) is 8.78 Å². The molecule has 21 heavy (non-hydrogen) atoms. The van der Waals surface area contributed by atoms with Crippen LogP contribution in [-0.4, -0.2) is 36.4 Å². The van der Waals surface area contributed by atoms with Gasteiger partial charge in [0.15, 0.2) is 4.90 Å². The summed E-state index contributed by atoms with van der Waals surface area (Å²) in [6, 6.07) is 0.592. The van der Waals surface area contributed by atoms with E-state index < -0.39 is 38.6 Å². The largest absolute Gasteiger partial charge is 0.480 e. The van der Waals surface area contributed by atoms with Gasteiger partial charge in [-0.05, 0) is 25.0 Å². The molecule has 8 heteroatoms.